The number of nitrogens with zero attached hydrogens (tertiary/aromatic N) is 1. The van der Waals surface area contributed by atoms with Crippen molar-refractivity contribution in [2.45, 2.75) is 19.4 Å². The van der Waals surface area contributed by atoms with Gasteiger partial charge in [0.1, 0.15) is 11.4 Å². The van der Waals surface area contributed by atoms with Gasteiger partial charge in [-0.15, -0.1) is 0 Å². The van der Waals surface area contributed by atoms with Gasteiger partial charge in [-0.25, -0.2) is 0 Å². The Hall–Kier alpha value is -1.99. The largest absolute Gasteiger partial charge is 0.478 e. The molecule has 0 fully saturated rings. The number of aryl methyl sites for hydroxylation is 1. The van der Waals surface area contributed by atoms with E-state index in [1.807, 2.05) is 0 Å². The van der Waals surface area contributed by atoms with Crippen molar-refractivity contribution in [2.24, 2.45) is 7.05 Å². The Bertz CT molecular complexity index is 756. The molecule has 1 aromatic carbocycles. The van der Waals surface area contributed by atoms with E-state index in [0.29, 0.717) is 16.5 Å². The summed E-state index contributed by atoms with van der Waals surface area (Å²) in [7, 11) is 1.73. The Morgan fingerprint density at radius 1 is 1.21 bits per heavy atom. The highest BCUT2D eigenvalue weighted by Gasteiger charge is 2.30. The third-order valence-electron chi connectivity index (χ3n) is 3.23. The minimum Gasteiger partial charge on any atom is -0.478 e. The minimum absolute atomic E-state index is 0.401. The summed E-state index contributed by atoms with van der Waals surface area (Å²) in [6.07, 6.45) is 1.74. The van der Waals surface area contributed by atoms with Crippen LogP contribution in [0.1, 0.15) is 24.3 Å². The van der Waals surface area contributed by atoms with Gasteiger partial charge in [0, 0.05) is 22.7 Å². The summed E-state index contributed by atoms with van der Waals surface area (Å²) in [6, 6.07) is 8.31. The maximum absolute atomic E-state index is 12.3. The summed E-state index contributed by atoms with van der Waals surface area (Å²) in [6.45, 7) is 3.20. The molecule has 2 N–H and O–H groups in total. The fraction of sp³-hybridized carbons (Fsp3) is 0.250. The topological polar surface area (TPSA) is 72.4 Å². The summed E-state index contributed by atoms with van der Waals surface area (Å²) in [5.41, 5.74) is 3.96. The van der Waals surface area contributed by atoms with Crippen LogP contribution in [0.4, 0.5) is 0 Å². The molecule has 0 aliphatic heterocycles. The number of benzene rings is 1. The maximum Gasteiger partial charge on any atom is 0.286 e. The molecular formula is C16H17BrClN3O3. The molecule has 128 valence electrons. The predicted octanol–water partition coefficient (Wildman–Crippen LogP) is 3.06. The summed E-state index contributed by atoms with van der Waals surface area (Å²) in [5.74, 6) is -0.421. The first-order chi connectivity index (χ1) is 11.2. The highest BCUT2D eigenvalue weighted by molar-refractivity contribution is 9.10. The van der Waals surface area contributed by atoms with Gasteiger partial charge in [0.25, 0.3) is 11.8 Å². The number of nitrogens with one attached hydrogen (secondary N) is 2. The molecule has 0 saturated heterocycles. The second kappa shape index (κ2) is 7.27. The van der Waals surface area contributed by atoms with Crippen LogP contribution < -0.4 is 15.6 Å². The lowest BCUT2D eigenvalue weighted by Gasteiger charge is -2.25. The van der Waals surface area contributed by atoms with E-state index in [1.165, 1.54) is 0 Å². The van der Waals surface area contributed by atoms with Crippen molar-refractivity contribution in [3.63, 3.8) is 0 Å². The van der Waals surface area contributed by atoms with Crippen LogP contribution in [0.3, 0.4) is 0 Å². The Morgan fingerprint density at radius 2 is 1.83 bits per heavy atom. The first-order valence-electron chi connectivity index (χ1n) is 7.06. The number of hydrogen-bond donors (Lipinski definition) is 2. The van der Waals surface area contributed by atoms with E-state index in [0.717, 1.165) is 4.47 Å². The van der Waals surface area contributed by atoms with E-state index in [-0.39, 0.29) is 0 Å². The second-order valence-corrected chi connectivity index (χ2v) is 6.98. The molecule has 24 heavy (non-hydrogen) atoms. The number of amides is 2. The monoisotopic (exact) mass is 413 g/mol. The third kappa shape index (κ3) is 4.52. The maximum atomic E-state index is 12.3. The molecule has 0 unspecified atom stereocenters. The zero-order valence-corrected chi connectivity index (χ0v) is 15.7. The van der Waals surface area contributed by atoms with Crippen molar-refractivity contribution in [3.8, 4) is 5.75 Å². The summed E-state index contributed by atoms with van der Waals surface area (Å²) < 4.78 is 8.06. The number of rotatable bonds is 4. The summed E-state index contributed by atoms with van der Waals surface area (Å²) in [4.78, 5) is 24.4. The van der Waals surface area contributed by atoms with Gasteiger partial charge < -0.3 is 9.30 Å². The van der Waals surface area contributed by atoms with Gasteiger partial charge in [0.2, 0.25) is 0 Å². The normalized spacial score (nSPS) is 11.0. The Balaban J connectivity index is 1.96. The molecule has 0 radical (unpaired) electrons. The van der Waals surface area contributed by atoms with Crippen molar-refractivity contribution in [1.82, 2.24) is 15.4 Å². The van der Waals surface area contributed by atoms with Gasteiger partial charge in [0.15, 0.2) is 5.60 Å². The molecule has 0 saturated carbocycles. The van der Waals surface area contributed by atoms with Crippen molar-refractivity contribution in [1.29, 1.82) is 0 Å². The molecule has 2 aromatic rings. The van der Waals surface area contributed by atoms with E-state index >= 15 is 0 Å². The van der Waals surface area contributed by atoms with E-state index < -0.39 is 17.4 Å². The average Bonchev–Trinajstić information content (AvgIpc) is 2.85. The predicted molar refractivity (Wildman–Crippen MR) is 94.9 cm³/mol. The highest BCUT2D eigenvalue weighted by atomic mass is 79.9. The lowest BCUT2D eigenvalue weighted by molar-refractivity contribution is -0.135. The van der Waals surface area contributed by atoms with Crippen LogP contribution in [-0.4, -0.2) is 22.0 Å². The van der Waals surface area contributed by atoms with E-state index in [1.54, 1.807) is 62.0 Å². The molecule has 0 atom stereocenters. The van der Waals surface area contributed by atoms with E-state index in [4.69, 9.17) is 16.3 Å². The van der Waals surface area contributed by atoms with E-state index in [2.05, 4.69) is 26.8 Å². The molecule has 2 rings (SSSR count). The fourth-order valence-corrected chi connectivity index (χ4v) is 2.57. The number of carbonyl (C=O) groups excluding carboxylic acids is 2. The van der Waals surface area contributed by atoms with Crippen molar-refractivity contribution < 1.29 is 14.3 Å². The number of carbonyl (C=O) groups is 2. The number of aromatic nitrogens is 1. The van der Waals surface area contributed by atoms with Crippen molar-refractivity contribution in [3.05, 3.63) is 51.7 Å². The Kier molecular flexibility index (Phi) is 5.56. The third-order valence-corrected chi connectivity index (χ3v) is 3.91. The zero-order chi connectivity index (χ0) is 17.9. The quantitative estimate of drug-likeness (QED) is 0.755. The second-order valence-electron chi connectivity index (χ2n) is 5.63. The molecular weight excluding hydrogens is 398 g/mol. The molecule has 0 aliphatic rings. The van der Waals surface area contributed by atoms with Crippen LogP contribution in [-0.2, 0) is 11.8 Å². The number of halogens is 2. The van der Waals surface area contributed by atoms with Gasteiger partial charge in [-0.1, -0.05) is 11.6 Å². The van der Waals surface area contributed by atoms with Gasteiger partial charge >= 0.3 is 0 Å². The Labute approximate surface area is 153 Å². The molecule has 1 aromatic heterocycles. The summed E-state index contributed by atoms with van der Waals surface area (Å²) >= 11 is 9.10. The van der Waals surface area contributed by atoms with Crippen molar-refractivity contribution in [2.75, 3.05) is 0 Å². The van der Waals surface area contributed by atoms with Crippen LogP contribution in [0.2, 0.25) is 5.02 Å². The standard InChI is InChI=1S/C16H17BrClN3O3/c1-16(2,24-12-6-4-11(18)5-7-12)15(23)20-19-14(22)13-8-10(17)9-21(13)3/h4-9H,1-3H3,(H,19,22)(H,20,23). The first-order valence-corrected chi connectivity index (χ1v) is 8.23. The van der Waals surface area contributed by atoms with Crippen LogP contribution in [0.5, 0.6) is 5.75 Å². The van der Waals surface area contributed by atoms with Crippen LogP contribution in [0.25, 0.3) is 0 Å². The summed E-state index contributed by atoms with van der Waals surface area (Å²) in [5, 5.41) is 0.575. The SMILES string of the molecule is Cn1cc(Br)cc1C(=O)NNC(=O)C(C)(C)Oc1ccc(Cl)cc1. The fourth-order valence-electron chi connectivity index (χ4n) is 1.92. The van der Waals surface area contributed by atoms with Crippen LogP contribution >= 0.6 is 27.5 Å². The van der Waals surface area contributed by atoms with Gasteiger partial charge in [-0.3, -0.25) is 20.4 Å². The molecule has 0 aliphatic carbocycles. The lowest BCUT2D eigenvalue weighted by atomic mass is 10.1. The highest BCUT2D eigenvalue weighted by Crippen LogP contribution is 2.21. The molecule has 0 bridgehead atoms. The molecule has 0 spiro atoms. The smallest absolute Gasteiger partial charge is 0.286 e. The minimum atomic E-state index is -1.18. The van der Waals surface area contributed by atoms with Gasteiger partial charge in [-0.2, -0.15) is 0 Å². The van der Waals surface area contributed by atoms with Crippen molar-refractivity contribution >= 4 is 39.3 Å². The number of hydrazine groups is 1. The molecule has 2 amide bonds. The van der Waals surface area contributed by atoms with Gasteiger partial charge in [-0.05, 0) is 60.1 Å². The van der Waals surface area contributed by atoms with Gasteiger partial charge in [0.05, 0.1) is 0 Å². The molecule has 1 heterocycles. The van der Waals surface area contributed by atoms with E-state index in [9.17, 15) is 9.59 Å². The lowest BCUT2D eigenvalue weighted by Crippen LogP contribution is -2.53. The van der Waals surface area contributed by atoms with Crippen LogP contribution in [0, 0.1) is 0 Å². The zero-order valence-electron chi connectivity index (χ0n) is 13.4. The number of hydrogen-bond acceptors (Lipinski definition) is 3. The molecule has 8 heteroatoms. The Morgan fingerprint density at radius 3 is 2.38 bits per heavy atom. The number of ether oxygens (including phenoxy) is 1. The van der Waals surface area contributed by atoms with Crippen LogP contribution in [0.15, 0.2) is 41.0 Å². The first kappa shape index (κ1) is 18.4. The molecule has 6 nitrogen and oxygen atoms in total. The average molecular weight is 415 g/mol.